The minimum Gasteiger partial charge on any atom is -0.481 e. The van der Waals surface area contributed by atoms with E-state index in [1.165, 1.54) is 17.5 Å². The lowest BCUT2D eigenvalue weighted by atomic mass is 10.2. The molecule has 1 rings (SSSR count). The summed E-state index contributed by atoms with van der Waals surface area (Å²) in [4.78, 5) is 26.3. The van der Waals surface area contributed by atoms with Gasteiger partial charge in [-0.1, -0.05) is 6.42 Å². The second kappa shape index (κ2) is 9.52. The van der Waals surface area contributed by atoms with E-state index in [2.05, 4.69) is 15.6 Å². The topological polar surface area (TPSA) is 115 Å². The van der Waals surface area contributed by atoms with E-state index >= 15 is 0 Å². The molecule has 1 aromatic rings. The number of nitrogens with zero attached hydrogens (tertiary/aromatic N) is 2. The number of hydrogen-bond acceptors (Lipinski definition) is 6. The predicted octanol–water partition coefficient (Wildman–Crippen LogP) is 2.03. The number of anilines is 1. The van der Waals surface area contributed by atoms with Crippen molar-refractivity contribution in [3.63, 3.8) is 0 Å². The monoisotopic (exact) mass is 322 g/mol. The van der Waals surface area contributed by atoms with Crippen molar-refractivity contribution in [3.05, 3.63) is 22.8 Å². The lowest BCUT2D eigenvalue weighted by Crippen LogP contribution is -2.26. The molecule has 0 spiro atoms. The smallest absolute Gasteiger partial charge is 0.303 e. The third-order valence-electron chi connectivity index (χ3n) is 2.68. The Morgan fingerprint density at radius 2 is 2.23 bits per heavy atom. The number of aryl methyl sites for hydroxylation is 1. The van der Waals surface area contributed by atoms with Crippen LogP contribution in [0, 0.1) is 18.3 Å². The molecule has 0 aliphatic rings. The van der Waals surface area contributed by atoms with E-state index in [0.717, 1.165) is 12.1 Å². The van der Waals surface area contributed by atoms with Crippen molar-refractivity contribution in [1.29, 1.82) is 5.26 Å². The molecule has 22 heavy (non-hydrogen) atoms. The summed E-state index contributed by atoms with van der Waals surface area (Å²) in [5.41, 5.74) is 0.837. The number of unbranched alkanes of at least 4 members (excludes halogenated alkanes) is 2. The van der Waals surface area contributed by atoms with E-state index in [9.17, 15) is 9.59 Å². The normalized spacial score (nSPS) is 10.8. The van der Waals surface area contributed by atoms with Crippen molar-refractivity contribution in [1.82, 2.24) is 10.3 Å². The molecule has 0 aromatic carbocycles. The summed E-state index contributed by atoms with van der Waals surface area (Å²) in [7, 11) is 0. The van der Waals surface area contributed by atoms with E-state index < -0.39 is 11.9 Å². The number of carbonyl (C=O) groups is 2. The Hall–Kier alpha value is -2.40. The number of nitriles is 1. The summed E-state index contributed by atoms with van der Waals surface area (Å²) in [6, 6.07) is 1.83. The van der Waals surface area contributed by atoms with E-state index in [0.29, 0.717) is 24.5 Å². The summed E-state index contributed by atoms with van der Waals surface area (Å²) in [5.74, 6) is -1.27. The number of amides is 1. The molecule has 0 atom stereocenters. The number of thiazole rings is 1. The molecule has 118 valence electrons. The van der Waals surface area contributed by atoms with Gasteiger partial charge in [0.15, 0.2) is 5.13 Å². The van der Waals surface area contributed by atoms with Gasteiger partial charge in [0.2, 0.25) is 0 Å². The molecule has 0 fully saturated rings. The van der Waals surface area contributed by atoms with Crippen LogP contribution in [0.3, 0.4) is 0 Å². The summed E-state index contributed by atoms with van der Waals surface area (Å²) in [6.45, 7) is 2.27. The molecule has 1 heterocycles. The Morgan fingerprint density at radius 3 is 2.82 bits per heavy atom. The quantitative estimate of drug-likeness (QED) is 0.364. The number of aliphatic carboxylic acids is 1. The molecular weight excluding hydrogens is 304 g/mol. The van der Waals surface area contributed by atoms with Crippen LogP contribution in [0.1, 0.15) is 31.4 Å². The van der Waals surface area contributed by atoms with Gasteiger partial charge in [-0.25, -0.2) is 4.98 Å². The van der Waals surface area contributed by atoms with Crippen LogP contribution in [-0.4, -0.2) is 28.5 Å². The maximum atomic E-state index is 11.8. The van der Waals surface area contributed by atoms with Gasteiger partial charge in [-0.3, -0.25) is 9.59 Å². The SMILES string of the molecule is Cc1csc(N/C=C(/C#N)C(=O)NCCCCCC(=O)O)n1. The van der Waals surface area contributed by atoms with Gasteiger partial charge in [-0.05, 0) is 19.8 Å². The Bertz CT molecular complexity index is 589. The van der Waals surface area contributed by atoms with Crippen LogP contribution in [0.5, 0.6) is 0 Å². The molecule has 0 unspecified atom stereocenters. The van der Waals surface area contributed by atoms with Gasteiger partial charge in [0.25, 0.3) is 5.91 Å². The number of rotatable bonds is 9. The van der Waals surface area contributed by atoms with Crippen LogP contribution in [0.2, 0.25) is 0 Å². The first-order valence-corrected chi connectivity index (χ1v) is 7.70. The highest BCUT2D eigenvalue weighted by Gasteiger charge is 2.08. The third-order valence-corrected chi connectivity index (χ3v) is 3.57. The van der Waals surface area contributed by atoms with Crippen molar-refractivity contribution < 1.29 is 14.7 Å². The predicted molar refractivity (Wildman–Crippen MR) is 83.3 cm³/mol. The second-order valence-corrected chi connectivity index (χ2v) is 5.43. The summed E-state index contributed by atoms with van der Waals surface area (Å²) >= 11 is 1.39. The molecule has 8 heteroatoms. The zero-order chi connectivity index (χ0) is 16.4. The molecule has 7 nitrogen and oxygen atoms in total. The van der Waals surface area contributed by atoms with Crippen molar-refractivity contribution in [2.45, 2.75) is 32.6 Å². The maximum absolute atomic E-state index is 11.8. The van der Waals surface area contributed by atoms with Crippen molar-refractivity contribution in [2.24, 2.45) is 0 Å². The van der Waals surface area contributed by atoms with Gasteiger partial charge >= 0.3 is 5.97 Å². The lowest BCUT2D eigenvalue weighted by Gasteiger charge is -2.04. The number of carboxylic acids is 1. The Morgan fingerprint density at radius 1 is 1.45 bits per heavy atom. The van der Waals surface area contributed by atoms with Crippen LogP contribution >= 0.6 is 11.3 Å². The third kappa shape index (κ3) is 6.85. The minimum absolute atomic E-state index is 0.0293. The van der Waals surface area contributed by atoms with E-state index in [4.69, 9.17) is 10.4 Å². The Labute approximate surface area is 132 Å². The van der Waals surface area contributed by atoms with Gasteiger partial charge in [0, 0.05) is 24.5 Å². The number of hydrogen-bond donors (Lipinski definition) is 3. The first-order valence-electron chi connectivity index (χ1n) is 6.82. The number of carbonyl (C=O) groups excluding carboxylic acids is 1. The highest BCUT2D eigenvalue weighted by atomic mass is 32.1. The van der Waals surface area contributed by atoms with Gasteiger partial charge < -0.3 is 15.7 Å². The first kappa shape index (κ1) is 17.7. The number of aromatic nitrogens is 1. The van der Waals surface area contributed by atoms with Gasteiger partial charge in [-0.15, -0.1) is 11.3 Å². The largest absolute Gasteiger partial charge is 0.481 e. The van der Waals surface area contributed by atoms with Gasteiger partial charge in [-0.2, -0.15) is 5.26 Å². The van der Waals surface area contributed by atoms with Crippen LogP contribution in [-0.2, 0) is 9.59 Å². The first-order chi connectivity index (χ1) is 10.5. The molecule has 0 aliphatic carbocycles. The van der Waals surface area contributed by atoms with E-state index in [1.54, 1.807) is 0 Å². The molecule has 0 aliphatic heterocycles. The zero-order valence-corrected chi connectivity index (χ0v) is 13.1. The highest BCUT2D eigenvalue weighted by molar-refractivity contribution is 7.13. The molecule has 0 saturated carbocycles. The fourth-order valence-electron chi connectivity index (χ4n) is 1.58. The molecular formula is C14H18N4O3S. The molecule has 0 saturated heterocycles. The van der Waals surface area contributed by atoms with Crippen molar-refractivity contribution >= 4 is 28.3 Å². The average molecular weight is 322 g/mol. The van der Waals surface area contributed by atoms with Crippen LogP contribution in [0.25, 0.3) is 0 Å². The van der Waals surface area contributed by atoms with Gasteiger partial charge in [0.05, 0.1) is 5.69 Å². The second-order valence-electron chi connectivity index (χ2n) is 4.57. The number of carboxylic acid groups (broad SMARTS) is 1. The van der Waals surface area contributed by atoms with Crippen molar-refractivity contribution in [2.75, 3.05) is 11.9 Å². The van der Waals surface area contributed by atoms with Crippen LogP contribution in [0.4, 0.5) is 5.13 Å². The van der Waals surface area contributed by atoms with Gasteiger partial charge in [0.1, 0.15) is 11.6 Å². The van der Waals surface area contributed by atoms with Crippen LogP contribution < -0.4 is 10.6 Å². The standard InChI is InChI=1S/C14H18N4O3S/c1-10-9-22-14(18-10)17-8-11(7-15)13(21)16-6-4-2-3-5-12(19)20/h8-9H,2-6H2,1H3,(H,16,21)(H,17,18)(H,19,20)/b11-8-. The molecule has 1 aromatic heterocycles. The number of nitrogens with one attached hydrogen (secondary N) is 2. The zero-order valence-electron chi connectivity index (χ0n) is 12.3. The summed E-state index contributed by atoms with van der Waals surface area (Å²) < 4.78 is 0. The molecule has 0 radical (unpaired) electrons. The van der Waals surface area contributed by atoms with Crippen LogP contribution in [0.15, 0.2) is 17.2 Å². The fourth-order valence-corrected chi connectivity index (χ4v) is 2.24. The van der Waals surface area contributed by atoms with E-state index in [1.807, 2.05) is 18.4 Å². The Balaban J connectivity index is 2.32. The molecule has 0 bridgehead atoms. The minimum atomic E-state index is -0.817. The molecule has 1 amide bonds. The average Bonchev–Trinajstić information content (AvgIpc) is 2.88. The molecule has 3 N–H and O–H groups in total. The Kier molecular flexibility index (Phi) is 7.64. The fraction of sp³-hybridized carbons (Fsp3) is 0.429. The lowest BCUT2D eigenvalue weighted by molar-refractivity contribution is -0.137. The van der Waals surface area contributed by atoms with E-state index in [-0.39, 0.29) is 12.0 Å². The maximum Gasteiger partial charge on any atom is 0.303 e. The summed E-state index contributed by atoms with van der Waals surface area (Å²) in [6.07, 6.45) is 3.44. The highest BCUT2D eigenvalue weighted by Crippen LogP contribution is 2.14. The summed E-state index contributed by atoms with van der Waals surface area (Å²) in [5, 5.41) is 25.4. The van der Waals surface area contributed by atoms with Crippen molar-refractivity contribution in [3.8, 4) is 6.07 Å².